The SMILES string of the molecule is CC(Nc1n[nH]c(=S)s1)C(=O)N(C)C. The number of amides is 1. The quantitative estimate of drug-likeness (QED) is 0.766. The molecule has 1 heterocycles. The van der Waals surface area contributed by atoms with Crippen LogP contribution in [-0.4, -0.2) is 41.1 Å². The average Bonchev–Trinajstić information content (AvgIpc) is 2.49. The molecule has 1 amide bonds. The standard InChI is InChI=1S/C7H12N4OS2/c1-4(5(12)11(2)3)8-6-9-10-7(13)14-6/h4H,1-3H3,(H,8,9)(H,10,13). The summed E-state index contributed by atoms with van der Waals surface area (Å²) in [6.45, 7) is 1.78. The van der Waals surface area contributed by atoms with E-state index in [4.69, 9.17) is 12.2 Å². The van der Waals surface area contributed by atoms with Gasteiger partial charge in [0.15, 0.2) is 3.95 Å². The van der Waals surface area contributed by atoms with E-state index in [9.17, 15) is 4.79 Å². The number of rotatable bonds is 3. The average molecular weight is 232 g/mol. The molecule has 0 fully saturated rings. The van der Waals surface area contributed by atoms with Gasteiger partial charge in [0.1, 0.15) is 6.04 Å². The van der Waals surface area contributed by atoms with Crippen molar-refractivity contribution in [1.82, 2.24) is 15.1 Å². The predicted molar refractivity (Wildman–Crippen MR) is 59.1 cm³/mol. The maximum absolute atomic E-state index is 11.5. The number of carbonyl (C=O) groups is 1. The van der Waals surface area contributed by atoms with E-state index in [1.54, 1.807) is 21.0 Å². The number of hydrogen-bond donors (Lipinski definition) is 2. The predicted octanol–water partition coefficient (Wildman–Crippen LogP) is 1.09. The summed E-state index contributed by atoms with van der Waals surface area (Å²) in [7, 11) is 3.43. The fraction of sp³-hybridized carbons (Fsp3) is 0.571. The normalized spacial score (nSPS) is 12.2. The Balaban J connectivity index is 2.61. The van der Waals surface area contributed by atoms with Crippen molar-refractivity contribution in [2.24, 2.45) is 0 Å². The minimum absolute atomic E-state index is 0.00567. The van der Waals surface area contributed by atoms with Crippen LogP contribution in [0.2, 0.25) is 0 Å². The zero-order chi connectivity index (χ0) is 10.7. The van der Waals surface area contributed by atoms with Crippen LogP contribution in [-0.2, 0) is 4.79 Å². The van der Waals surface area contributed by atoms with Crippen molar-refractivity contribution in [2.45, 2.75) is 13.0 Å². The molecule has 5 nitrogen and oxygen atoms in total. The van der Waals surface area contributed by atoms with Crippen molar-refractivity contribution in [3.8, 4) is 0 Å². The Bertz CT molecular complexity index is 370. The second kappa shape index (κ2) is 4.52. The summed E-state index contributed by atoms with van der Waals surface area (Å²) >= 11 is 6.18. The molecule has 1 aromatic rings. The first-order chi connectivity index (χ1) is 6.50. The van der Waals surface area contributed by atoms with Gasteiger partial charge in [-0.15, -0.1) is 5.10 Å². The van der Waals surface area contributed by atoms with Crippen molar-refractivity contribution in [2.75, 3.05) is 19.4 Å². The molecule has 1 rings (SSSR count). The number of anilines is 1. The maximum atomic E-state index is 11.5. The van der Waals surface area contributed by atoms with E-state index >= 15 is 0 Å². The number of nitrogens with zero attached hydrogens (tertiary/aromatic N) is 2. The molecule has 0 aliphatic heterocycles. The Morgan fingerprint density at radius 1 is 1.71 bits per heavy atom. The monoisotopic (exact) mass is 232 g/mol. The van der Waals surface area contributed by atoms with Crippen LogP contribution in [0, 0.1) is 3.95 Å². The Labute approximate surface area is 91.1 Å². The van der Waals surface area contributed by atoms with Gasteiger partial charge >= 0.3 is 0 Å². The molecule has 1 atom stereocenters. The lowest BCUT2D eigenvalue weighted by Crippen LogP contribution is -2.36. The van der Waals surface area contributed by atoms with Gasteiger partial charge in [-0.2, -0.15) is 0 Å². The first-order valence-electron chi connectivity index (χ1n) is 4.04. The largest absolute Gasteiger partial charge is 0.349 e. The number of likely N-dealkylation sites (N-methyl/N-ethyl adjacent to an activating group) is 1. The summed E-state index contributed by atoms with van der Waals surface area (Å²) in [5.41, 5.74) is 0. The topological polar surface area (TPSA) is 61.0 Å². The highest BCUT2D eigenvalue weighted by Crippen LogP contribution is 2.12. The number of nitrogens with one attached hydrogen (secondary N) is 2. The number of hydrogen-bond acceptors (Lipinski definition) is 5. The molecule has 78 valence electrons. The molecule has 2 N–H and O–H groups in total. The zero-order valence-corrected chi connectivity index (χ0v) is 9.83. The summed E-state index contributed by atoms with van der Waals surface area (Å²) < 4.78 is 0.594. The lowest BCUT2D eigenvalue weighted by Gasteiger charge is -2.16. The van der Waals surface area contributed by atoms with E-state index < -0.39 is 0 Å². The molecule has 7 heteroatoms. The molecule has 14 heavy (non-hydrogen) atoms. The van der Waals surface area contributed by atoms with Crippen LogP contribution in [0.15, 0.2) is 0 Å². The Morgan fingerprint density at radius 3 is 2.79 bits per heavy atom. The molecular weight excluding hydrogens is 220 g/mol. The fourth-order valence-electron chi connectivity index (χ4n) is 0.926. The van der Waals surface area contributed by atoms with Crippen LogP contribution >= 0.6 is 23.6 Å². The van der Waals surface area contributed by atoms with Gasteiger partial charge in [0.2, 0.25) is 11.0 Å². The van der Waals surface area contributed by atoms with Crippen LogP contribution in [0.3, 0.4) is 0 Å². The van der Waals surface area contributed by atoms with Gasteiger partial charge in [0.25, 0.3) is 0 Å². The molecule has 0 spiro atoms. The Kier molecular flexibility index (Phi) is 3.59. The van der Waals surface area contributed by atoms with E-state index in [0.29, 0.717) is 9.09 Å². The molecule has 0 saturated carbocycles. The van der Waals surface area contributed by atoms with Crippen molar-refractivity contribution >= 4 is 34.6 Å². The number of aromatic nitrogens is 2. The smallest absolute Gasteiger partial charge is 0.244 e. The summed E-state index contributed by atoms with van der Waals surface area (Å²) in [5.74, 6) is 0.00567. The first-order valence-corrected chi connectivity index (χ1v) is 5.26. The molecule has 0 radical (unpaired) electrons. The molecular formula is C7H12N4OS2. The summed E-state index contributed by atoms with van der Waals surface area (Å²) in [6, 6.07) is -0.293. The minimum atomic E-state index is -0.293. The molecule has 1 aromatic heterocycles. The van der Waals surface area contributed by atoms with Crippen molar-refractivity contribution < 1.29 is 4.79 Å². The van der Waals surface area contributed by atoms with Crippen molar-refractivity contribution in [1.29, 1.82) is 0 Å². The van der Waals surface area contributed by atoms with Crippen LogP contribution in [0.4, 0.5) is 5.13 Å². The number of H-pyrrole nitrogens is 1. The van der Waals surface area contributed by atoms with Crippen molar-refractivity contribution in [3.05, 3.63) is 3.95 Å². The van der Waals surface area contributed by atoms with Crippen LogP contribution < -0.4 is 5.32 Å². The summed E-state index contributed by atoms with van der Waals surface area (Å²) in [4.78, 5) is 13.0. The molecule has 0 aromatic carbocycles. The molecule has 0 aliphatic rings. The molecule has 1 unspecified atom stereocenters. The number of aromatic amines is 1. The molecule has 0 aliphatic carbocycles. The molecule has 0 bridgehead atoms. The Hall–Kier alpha value is -0.950. The third-order valence-corrected chi connectivity index (χ3v) is 2.61. The lowest BCUT2D eigenvalue weighted by molar-refractivity contribution is -0.129. The number of carbonyl (C=O) groups excluding carboxylic acids is 1. The van der Waals surface area contributed by atoms with E-state index in [2.05, 4.69) is 15.5 Å². The van der Waals surface area contributed by atoms with Crippen LogP contribution in [0.5, 0.6) is 0 Å². The second-order valence-corrected chi connectivity index (χ2v) is 4.68. The van der Waals surface area contributed by atoms with Gasteiger partial charge in [-0.05, 0) is 19.1 Å². The van der Waals surface area contributed by atoms with Gasteiger partial charge in [0, 0.05) is 14.1 Å². The minimum Gasteiger partial charge on any atom is -0.349 e. The van der Waals surface area contributed by atoms with Crippen LogP contribution in [0.1, 0.15) is 6.92 Å². The fourth-order valence-corrected chi connectivity index (χ4v) is 1.80. The Morgan fingerprint density at radius 2 is 2.36 bits per heavy atom. The van der Waals surface area contributed by atoms with Crippen LogP contribution in [0.25, 0.3) is 0 Å². The highest BCUT2D eigenvalue weighted by molar-refractivity contribution is 7.73. The van der Waals surface area contributed by atoms with Gasteiger partial charge < -0.3 is 10.2 Å². The third-order valence-electron chi connectivity index (χ3n) is 1.59. The summed E-state index contributed by atoms with van der Waals surface area (Å²) in [5, 5.41) is 10.1. The van der Waals surface area contributed by atoms with Gasteiger partial charge in [-0.3, -0.25) is 9.89 Å². The van der Waals surface area contributed by atoms with Gasteiger partial charge in [0.05, 0.1) is 0 Å². The van der Waals surface area contributed by atoms with E-state index in [-0.39, 0.29) is 11.9 Å². The second-order valence-electron chi connectivity index (χ2n) is 3.02. The maximum Gasteiger partial charge on any atom is 0.244 e. The van der Waals surface area contributed by atoms with Crippen molar-refractivity contribution in [3.63, 3.8) is 0 Å². The van der Waals surface area contributed by atoms with Gasteiger partial charge in [-0.25, -0.2) is 0 Å². The first kappa shape index (κ1) is 11.1. The zero-order valence-electron chi connectivity index (χ0n) is 8.20. The molecule has 0 saturated heterocycles. The third kappa shape index (κ3) is 2.78. The highest BCUT2D eigenvalue weighted by atomic mass is 32.1. The van der Waals surface area contributed by atoms with E-state index in [1.165, 1.54) is 16.2 Å². The lowest BCUT2D eigenvalue weighted by atomic mass is 10.3. The summed E-state index contributed by atoms with van der Waals surface area (Å²) in [6.07, 6.45) is 0. The highest BCUT2D eigenvalue weighted by Gasteiger charge is 2.15. The van der Waals surface area contributed by atoms with Gasteiger partial charge in [-0.1, -0.05) is 11.3 Å². The van der Waals surface area contributed by atoms with E-state index in [0.717, 1.165) is 0 Å². The van der Waals surface area contributed by atoms with E-state index in [1.807, 2.05) is 0 Å².